The van der Waals surface area contributed by atoms with E-state index in [-0.39, 0.29) is 13.2 Å². The summed E-state index contributed by atoms with van der Waals surface area (Å²) in [5.41, 5.74) is 0. The highest BCUT2D eigenvalue weighted by Crippen LogP contribution is 2.35. The molecule has 0 spiro atoms. The molecule has 6 nitrogen and oxygen atoms in total. The van der Waals surface area contributed by atoms with Crippen molar-refractivity contribution in [2.75, 3.05) is 13.2 Å². The summed E-state index contributed by atoms with van der Waals surface area (Å²) in [7, 11) is -4.43. The van der Waals surface area contributed by atoms with E-state index in [1.165, 1.54) is 0 Å². The minimum Gasteiger partial charge on any atom is -0.397 e. The van der Waals surface area contributed by atoms with Gasteiger partial charge in [-0.3, -0.25) is 0 Å². The van der Waals surface area contributed by atoms with Crippen LogP contribution in [0.25, 0.3) is 0 Å². The summed E-state index contributed by atoms with van der Waals surface area (Å²) in [5.74, 6) is 0. The van der Waals surface area contributed by atoms with E-state index in [1.807, 2.05) is 6.92 Å². The maximum atomic E-state index is 9.94. The quantitative estimate of drug-likeness (QED) is 0.272. The molecule has 0 fully saturated rings. The SMILES string of the molecule is CCCCOOP(=O)(O)O.CCO. The summed E-state index contributed by atoms with van der Waals surface area (Å²) < 4.78 is 13.6. The maximum absolute atomic E-state index is 9.94. The molecule has 0 atom stereocenters. The van der Waals surface area contributed by atoms with Gasteiger partial charge < -0.3 is 14.9 Å². The zero-order valence-corrected chi connectivity index (χ0v) is 8.74. The highest BCUT2D eigenvalue weighted by molar-refractivity contribution is 7.46. The van der Waals surface area contributed by atoms with Crippen LogP contribution in [0.5, 0.6) is 0 Å². The molecule has 0 amide bonds. The monoisotopic (exact) mass is 216 g/mol. The van der Waals surface area contributed by atoms with E-state index in [9.17, 15) is 4.57 Å². The van der Waals surface area contributed by atoms with Gasteiger partial charge in [-0.25, -0.2) is 9.45 Å². The summed E-state index contributed by atoms with van der Waals surface area (Å²) >= 11 is 0. The molecule has 3 N–H and O–H groups in total. The predicted molar refractivity (Wildman–Crippen MR) is 46.7 cm³/mol. The summed E-state index contributed by atoms with van der Waals surface area (Å²) in [5, 5.41) is 7.57. The normalized spacial score (nSPS) is 10.5. The lowest BCUT2D eigenvalue weighted by molar-refractivity contribution is -0.222. The number of rotatable bonds is 5. The molecule has 0 bridgehead atoms. The highest BCUT2D eigenvalue weighted by Gasteiger charge is 2.14. The predicted octanol–water partition coefficient (Wildman–Crippen LogP) is 0.826. The Morgan fingerprint density at radius 1 is 1.31 bits per heavy atom. The van der Waals surface area contributed by atoms with Gasteiger partial charge in [0.15, 0.2) is 0 Å². The van der Waals surface area contributed by atoms with Crippen LogP contribution in [0.4, 0.5) is 0 Å². The molecule has 82 valence electrons. The molecule has 0 aromatic carbocycles. The lowest BCUT2D eigenvalue weighted by Gasteiger charge is -2.02. The molecule has 13 heavy (non-hydrogen) atoms. The highest BCUT2D eigenvalue weighted by atomic mass is 31.2. The Morgan fingerprint density at radius 3 is 2.08 bits per heavy atom. The Morgan fingerprint density at radius 2 is 1.77 bits per heavy atom. The van der Waals surface area contributed by atoms with E-state index in [0.29, 0.717) is 0 Å². The van der Waals surface area contributed by atoms with Crippen molar-refractivity contribution in [3.63, 3.8) is 0 Å². The first-order valence-corrected chi connectivity index (χ1v) is 5.48. The number of phosphoric acid groups is 1. The van der Waals surface area contributed by atoms with Crippen LogP contribution in [0.1, 0.15) is 26.7 Å². The molecule has 0 radical (unpaired) electrons. The molecule has 0 unspecified atom stereocenters. The van der Waals surface area contributed by atoms with Gasteiger partial charge in [0, 0.05) is 6.61 Å². The standard InChI is InChI=1S/C4H11O5P.C2H6O/c1-2-3-4-8-9-10(5,6)7;1-2-3/h2-4H2,1H3,(H2,5,6,7);3H,2H2,1H3. The van der Waals surface area contributed by atoms with E-state index in [1.54, 1.807) is 6.92 Å². The number of unbranched alkanes of at least 4 members (excludes halogenated alkanes) is 1. The summed E-state index contributed by atoms with van der Waals surface area (Å²) in [4.78, 5) is 20.3. The van der Waals surface area contributed by atoms with Crippen molar-refractivity contribution in [2.45, 2.75) is 26.7 Å². The lowest BCUT2D eigenvalue weighted by Crippen LogP contribution is -1.93. The number of hydrogen-bond acceptors (Lipinski definition) is 4. The Labute approximate surface area is 77.7 Å². The van der Waals surface area contributed by atoms with Gasteiger partial charge >= 0.3 is 7.82 Å². The first-order chi connectivity index (χ1) is 5.97. The summed E-state index contributed by atoms with van der Waals surface area (Å²) in [6, 6.07) is 0. The molecule has 0 aliphatic rings. The van der Waals surface area contributed by atoms with Crippen LogP contribution in [-0.4, -0.2) is 28.1 Å². The van der Waals surface area contributed by atoms with Crippen LogP contribution in [0.3, 0.4) is 0 Å². The topological polar surface area (TPSA) is 96.2 Å². The molecule has 0 rings (SSSR count). The Balaban J connectivity index is 0. The van der Waals surface area contributed by atoms with Crippen molar-refractivity contribution >= 4 is 7.82 Å². The average molecular weight is 216 g/mol. The third kappa shape index (κ3) is 24.5. The Hall–Kier alpha value is 0.0300. The zero-order valence-electron chi connectivity index (χ0n) is 7.84. The second-order valence-corrected chi connectivity index (χ2v) is 3.19. The van der Waals surface area contributed by atoms with Gasteiger partial charge in [-0.1, -0.05) is 13.3 Å². The van der Waals surface area contributed by atoms with Crippen molar-refractivity contribution in [2.24, 2.45) is 0 Å². The molecule has 0 saturated heterocycles. The number of hydrogen-bond donors (Lipinski definition) is 3. The van der Waals surface area contributed by atoms with Crippen LogP contribution < -0.4 is 0 Å². The van der Waals surface area contributed by atoms with Crippen LogP contribution in [0.15, 0.2) is 0 Å². The number of aliphatic hydroxyl groups is 1. The minimum absolute atomic E-state index is 0.210. The Bertz CT molecular complexity index is 133. The number of aliphatic hydroxyl groups excluding tert-OH is 1. The van der Waals surface area contributed by atoms with Crippen LogP contribution in [0, 0.1) is 0 Å². The second kappa shape index (κ2) is 10.1. The third-order valence-corrected chi connectivity index (χ3v) is 1.03. The van der Waals surface area contributed by atoms with E-state index >= 15 is 0 Å². The van der Waals surface area contributed by atoms with Gasteiger partial charge in [-0.15, -0.1) is 4.67 Å². The average Bonchev–Trinajstić information content (AvgIpc) is 1.98. The van der Waals surface area contributed by atoms with Crippen molar-refractivity contribution in [3.05, 3.63) is 0 Å². The van der Waals surface area contributed by atoms with Crippen molar-refractivity contribution in [1.82, 2.24) is 0 Å². The fraction of sp³-hybridized carbons (Fsp3) is 1.00. The zero-order chi connectivity index (χ0) is 10.7. The summed E-state index contributed by atoms with van der Waals surface area (Å²) in [6.07, 6.45) is 1.62. The molecule has 0 aliphatic heterocycles. The fourth-order valence-corrected chi connectivity index (χ4v) is 0.521. The molecule has 0 heterocycles. The van der Waals surface area contributed by atoms with Crippen LogP contribution in [0.2, 0.25) is 0 Å². The van der Waals surface area contributed by atoms with Crippen molar-refractivity contribution in [1.29, 1.82) is 0 Å². The molecule has 0 saturated carbocycles. The van der Waals surface area contributed by atoms with Crippen molar-refractivity contribution in [3.8, 4) is 0 Å². The van der Waals surface area contributed by atoms with E-state index in [4.69, 9.17) is 14.9 Å². The van der Waals surface area contributed by atoms with E-state index in [2.05, 4.69) is 9.56 Å². The molecular weight excluding hydrogens is 199 g/mol. The minimum atomic E-state index is -4.43. The molecule has 0 aromatic heterocycles. The van der Waals surface area contributed by atoms with Gasteiger partial charge in [0.25, 0.3) is 0 Å². The fourth-order valence-electron chi connectivity index (χ4n) is 0.309. The molecule has 0 aliphatic carbocycles. The van der Waals surface area contributed by atoms with Gasteiger partial charge in [0.05, 0.1) is 6.61 Å². The first kappa shape index (κ1) is 15.5. The first-order valence-electron chi connectivity index (χ1n) is 3.95. The van der Waals surface area contributed by atoms with Gasteiger partial charge in [0.1, 0.15) is 0 Å². The Kier molecular flexibility index (Phi) is 12.1. The maximum Gasteiger partial charge on any atom is 0.496 e. The largest absolute Gasteiger partial charge is 0.496 e. The summed E-state index contributed by atoms with van der Waals surface area (Å²) in [6.45, 7) is 4.07. The molecular formula is C6H17O6P. The smallest absolute Gasteiger partial charge is 0.397 e. The van der Waals surface area contributed by atoms with Crippen LogP contribution in [-0.2, 0) is 14.1 Å². The second-order valence-electron chi connectivity index (χ2n) is 2.06. The van der Waals surface area contributed by atoms with Crippen molar-refractivity contribution < 1.29 is 29.0 Å². The lowest BCUT2D eigenvalue weighted by atomic mass is 10.4. The molecule has 7 heteroatoms. The van der Waals surface area contributed by atoms with E-state index in [0.717, 1.165) is 12.8 Å². The van der Waals surface area contributed by atoms with Gasteiger partial charge in [0.2, 0.25) is 0 Å². The van der Waals surface area contributed by atoms with E-state index < -0.39 is 7.82 Å². The van der Waals surface area contributed by atoms with Gasteiger partial charge in [-0.2, -0.15) is 0 Å². The molecule has 0 aromatic rings. The third-order valence-electron chi connectivity index (χ3n) is 0.731. The van der Waals surface area contributed by atoms with Gasteiger partial charge in [-0.05, 0) is 13.3 Å². The van der Waals surface area contributed by atoms with Crippen LogP contribution >= 0.6 is 7.82 Å².